The first kappa shape index (κ1) is 30.0. The number of nitriles is 1. The van der Waals surface area contributed by atoms with Crippen LogP contribution in [0.4, 0.5) is 19.0 Å². The lowest BCUT2D eigenvalue weighted by molar-refractivity contribution is 0.107. The van der Waals surface area contributed by atoms with Gasteiger partial charge in [0.05, 0.1) is 35.8 Å². The van der Waals surface area contributed by atoms with Gasteiger partial charge in [-0.1, -0.05) is 12.0 Å². The van der Waals surface area contributed by atoms with E-state index in [0.717, 1.165) is 19.4 Å². The molecule has 0 spiro atoms. The molecule has 0 bridgehead atoms. The minimum absolute atomic E-state index is 0.0831. The summed E-state index contributed by atoms with van der Waals surface area (Å²) < 4.78 is 58.0. The highest BCUT2D eigenvalue weighted by Gasteiger charge is 2.49. The first-order valence-electron chi connectivity index (χ1n) is 15.3. The van der Waals surface area contributed by atoms with Crippen LogP contribution in [0.2, 0.25) is 0 Å². The lowest BCUT2D eigenvalue weighted by atomic mass is 9.95. The van der Waals surface area contributed by atoms with Crippen LogP contribution in [-0.2, 0) is 4.74 Å². The van der Waals surface area contributed by atoms with E-state index in [4.69, 9.17) is 20.9 Å². The highest BCUT2D eigenvalue weighted by atomic mass is 19.1. The number of pyridine rings is 1. The van der Waals surface area contributed by atoms with Crippen molar-refractivity contribution in [3.63, 3.8) is 0 Å². The number of rotatable bonds is 6. The zero-order chi connectivity index (χ0) is 32.0. The highest BCUT2D eigenvalue weighted by molar-refractivity contribution is 6.03. The SMILES string of the molecule is C#Cc1c(F)ccc2cc(O)cc(-c3ncc4c(N5CCOC[C@H](CC#N)C5)nc(OC[C@@]56CCCN5C[C@H](F)C6)nc4c3F)c12. The maximum Gasteiger partial charge on any atom is 0.319 e. The van der Waals surface area contributed by atoms with Crippen LogP contribution in [-0.4, -0.2) is 82.7 Å². The molecule has 2 aromatic carbocycles. The van der Waals surface area contributed by atoms with E-state index in [0.29, 0.717) is 55.9 Å². The van der Waals surface area contributed by atoms with Crippen molar-refractivity contribution >= 4 is 27.5 Å². The summed E-state index contributed by atoms with van der Waals surface area (Å²) in [4.78, 5) is 17.7. The van der Waals surface area contributed by atoms with E-state index < -0.39 is 23.3 Å². The number of nitrogens with zero attached hydrogens (tertiary/aromatic N) is 6. The summed E-state index contributed by atoms with van der Waals surface area (Å²) in [5.41, 5.74) is -0.758. The zero-order valence-corrected chi connectivity index (χ0v) is 25.0. The quantitative estimate of drug-likeness (QED) is 0.291. The minimum atomic E-state index is -0.952. The molecule has 12 heteroatoms. The number of benzene rings is 2. The predicted octanol–water partition coefficient (Wildman–Crippen LogP) is 5.13. The van der Waals surface area contributed by atoms with E-state index in [-0.39, 0.29) is 58.4 Å². The lowest BCUT2D eigenvalue weighted by Crippen LogP contribution is -2.43. The number of hydrogen-bond acceptors (Lipinski definition) is 9. The molecular formula is C34H31F3N6O3. The van der Waals surface area contributed by atoms with Crippen LogP contribution in [0.5, 0.6) is 11.8 Å². The van der Waals surface area contributed by atoms with Crippen molar-refractivity contribution in [1.82, 2.24) is 19.9 Å². The van der Waals surface area contributed by atoms with Gasteiger partial charge in [-0.3, -0.25) is 9.88 Å². The van der Waals surface area contributed by atoms with E-state index in [2.05, 4.69) is 26.9 Å². The number of aromatic nitrogens is 3. The van der Waals surface area contributed by atoms with Gasteiger partial charge in [-0.05, 0) is 43.0 Å². The molecule has 7 rings (SSSR count). The first-order valence-corrected chi connectivity index (χ1v) is 15.3. The maximum absolute atomic E-state index is 16.8. The summed E-state index contributed by atoms with van der Waals surface area (Å²) in [5.74, 6) is 0.913. The molecule has 0 saturated carbocycles. The van der Waals surface area contributed by atoms with Crippen molar-refractivity contribution in [3.05, 3.63) is 47.7 Å². The number of alkyl halides is 1. The van der Waals surface area contributed by atoms with Crippen LogP contribution in [0, 0.1) is 41.2 Å². The molecule has 2 aromatic heterocycles. The molecule has 9 nitrogen and oxygen atoms in total. The monoisotopic (exact) mass is 628 g/mol. The Hall–Kier alpha value is -4.65. The average molecular weight is 629 g/mol. The van der Waals surface area contributed by atoms with Crippen LogP contribution in [0.1, 0.15) is 31.2 Å². The van der Waals surface area contributed by atoms with Gasteiger partial charge in [-0.2, -0.15) is 15.2 Å². The Bertz CT molecular complexity index is 1930. The molecule has 0 unspecified atom stereocenters. The number of phenolic OH excluding ortho intramolecular Hbond substituents is 1. The zero-order valence-electron chi connectivity index (χ0n) is 25.0. The lowest BCUT2D eigenvalue weighted by Gasteiger charge is -2.31. The summed E-state index contributed by atoms with van der Waals surface area (Å²) in [6.07, 6.45) is 8.45. The van der Waals surface area contributed by atoms with E-state index in [1.165, 1.54) is 30.5 Å². The Morgan fingerprint density at radius 3 is 2.89 bits per heavy atom. The van der Waals surface area contributed by atoms with Gasteiger partial charge in [-0.25, -0.2) is 13.2 Å². The topological polar surface area (TPSA) is 108 Å². The number of phenols is 1. The molecule has 1 N–H and O–H groups in total. The molecule has 3 aliphatic heterocycles. The molecule has 3 saturated heterocycles. The third kappa shape index (κ3) is 5.21. The van der Waals surface area contributed by atoms with Crippen molar-refractivity contribution in [2.75, 3.05) is 50.9 Å². The number of terminal acetylenes is 1. The Morgan fingerprint density at radius 1 is 1.20 bits per heavy atom. The molecule has 3 atom stereocenters. The fourth-order valence-electron chi connectivity index (χ4n) is 7.24. The molecule has 3 fully saturated rings. The van der Waals surface area contributed by atoms with Crippen molar-refractivity contribution in [2.24, 2.45) is 5.92 Å². The van der Waals surface area contributed by atoms with Crippen LogP contribution >= 0.6 is 0 Å². The second-order valence-corrected chi connectivity index (χ2v) is 12.3. The molecule has 4 aromatic rings. The molecule has 0 aliphatic carbocycles. The van der Waals surface area contributed by atoms with Crippen LogP contribution in [0.25, 0.3) is 32.9 Å². The molecular weight excluding hydrogens is 597 g/mol. The fraction of sp³-hybridized carbons (Fsp3) is 0.412. The van der Waals surface area contributed by atoms with Gasteiger partial charge >= 0.3 is 6.01 Å². The number of fused-ring (bicyclic) bond motifs is 3. The van der Waals surface area contributed by atoms with Gasteiger partial charge in [-0.15, -0.1) is 6.42 Å². The second kappa shape index (κ2) is 11.9. The van der Waals surface area contributed by atoms with Gasteiger partial charge in [0.1, 0.15) is 41.4 Å². The van der Waals surface area contributed by atoms with Crippen molar-refractivity contribution < 1.29 is 27.8 Å². The van der Waals surface area contributed by atoms with E-state index in [9.17, 15) is 19.1 Å². The van der Waals surface area contributed by atoms with Gasteiger partial charge in [0, 0.05) is 55.5 Å². The molecule has 236 valence electrons. The number of ether oxygens (including phenoxy) is 2. The Kier molecular flexibility index (Phi) is 7.79. The minimum Gasteiger partial charge on any atom is -0.508 e. The van der Waals surface area contributed by atoms with E-state index in [1.54, 1.807) is 0 Å². The normalized spacial score (nSPS) is 23.3. The molecule has 0 amide bonds. The second-order valence-electron chi connectivity index (χ2n) is 12.3. The first-order chi connectivity index (χ1) is 22.3. The molecule has 46 heavy (non-hydrogen) atoms. The highest BCUT2D eigenvalue weighted by Crippen LogP contribution is 2.42. The Labute approximate surface area is 263 Å². The summed E-state index contributed by atoms with van der Waals surface area (Å²) >= 11 is 0. The van der Waals surface area contributed by atoms with Crippen molar-refractivity contribution in [1.29, 1.82) is 5.26 Å². The van der Waals surface area contributed by atoms with Crippen molar-refractivity contribution in [3.8, 4) is 41.4 Å². The number of anilines is 1. The number of halogens is 3. The standard InChI is InChI=1S/C34H31F3N6O3/c1-2-24-27(36)5-4-21-12-23(44)13-25(28(21)24)30-29(37)31-26(15-39-30)32(42-10-11-45-18-20(16-42)6-8-38)41-33(40-31)46-19-34-7-3-9-43(34)17-22(35)14-34/h1,4-5,12-13,15,20,22,44H,3,6-7,9-11,14,16-19H2/t20-,22-,34+/m1/s1. The number of hydrogen-bond donors (Lipinski definition) is 1. The van der Waals surface area contributed by atoms with Gasteiger partial charge in [0.15, 0.2) is 5.82 Å². The predicted molar refractivity (Wildman–Crippen MR) is 165 cm³/mol. The summed E-state index contributed by atoms with van der Waals surface area (Å²) in [6, 6.07) is 7.47. The molecule has 3 aliphatic rings. The molecule has 5 heterocycles. The van der Waals surface area contributed by atoms with Crippen LogP contribution in [0.3, 0.4) is 0 Å². The van der Waals surface area contributed by atoms with Gasteiger partial charge in [0.2, 0.25) is 0 Å². The summed E-state index contributed by atoms with van der Waals surface area (Å²) in [6.45, 7) is 2.87. The van der Waals surface area contributed by atoms with E-state index >= 15 is 4.39 Å². The third-order valence-corrected chi connectivity index (χ3v) is 9.34. The average Bonchev–Trinajstić information content (AvgIpc) is 3.46. The van der Waals surface area contributed by atoms with Crippen LogP contribution in [0.15, 0.2) is 30.5 Å². The van der Waals surface area contributed by atoms with E-state index in [1.807, 2.05) is 4.90 Å². The summed E-state index contributed by atoms with van der Waals surface area (Å²) in [7, 11) is 0. The smallest absolute Gasteiger partial charge is 0.319 e. The number of aromatic hydroxyl groups is 1. The summed E-state index contributed by atoms with van der Waals surface area (Å²) in [5, 5.41) is 20.8. The van der Waals surface area contributed by atoms with Crippen LogP contribution < -0.4 is 9.64 Å². The maximum atomic E-state index is 16.8. The third-order valence-electron chi connectivity index (χ3n) is 9.34. The Balaban J connectivity index is 1.38. The molecule has 0 radical (unpaired) electrons. The van der Waals surface area contributed by atoms with Gasteiger partial charge in [0.25, 0.3) is 0 Å². The van der Waals surface area contributed by atoms with Gasteiger partial charge < -0.3 is 19.5 Å². The van der Waals surface area contributed by atoms with Crippen molar-refractivity contribution in [2.45, 2.75) is 37.4 Å². The Morgan fingerprint density at radius 2 is 2.07 bits per heavy atom. The largest absolute Gasteiger partial charge is 0.508 e. The fourth-order valence-corrected chi connectivity index (χ4v) is 7.24.